The van der Waals surface area contributed by atoms with E-state index >= 15 is 0 Å². The molecule has 0 aromatic carbocycles. The minimum absolute atomic E-state index is 0.0693. The summed E-state index contributed by atoms with van der Waals surface area (Å²) in [7, 11) is 0. The van der Waals surface area contributed by atoms with Crippen molar-refractivity contribution in [2.45, 2.75) is 44.8 Å². The van der Waals surface area contributed by atoms with Crippen molar-refractivity contribution in [1.82, 2.24) is 10.6 Å². The summed E-state index contributed by atoms with van der Waals surface area (Å²) in [6.07, 6.45) is 0.671. The van der Waals surface area contributed by atoms with E-state index in [0.717, 1.165) is 0 Å². The zero-order valence-electron chi connectivity index (χ0n) is 12.7. The van der Waals surface area contributed by atoms with E-state index in [-0.39, 0.29) is 18.9 Å². The van der Waals surface area contributed by atoms with Gasteiger partial charge >= 0.3 is 5.97 Å². The van der Waals surface area contributed by atoms with Crippen molar-refractivity contribution in [2.75, 3.05) is 6.54 Å². The van der Waals surface area contributed by atoms with Crippen LogP contribution in [0.15, 0.2) is 4.99 Å². The highest BCUT2D eigenvalue weighted by atomic mass is 16.4. The van der Waals surface area contributed by atoms with Gasteiger partial charge in [-0.1, -0.05) is 0 Å². The molecule has 0 aliphatic heterocycles. The van der Waals surface area contributed by atoms with Crippen molar-refractivity contribution < 1.29 is 19.5 Å². The first-order chi connectivity index (χ1) is 10.1. The van der Waals surface area contributed by atoms with Gasteiger partial charge in [-0.25, -0.2) is 0 Å². The molecule has 0 aliphatic carbocycles. The second kappa shape index (κ2) is 9.55. The average Bonchev–Trinajstić information content (AvgIpc) is 2.40. The van der Waals surface area contributed by atoms with Gasteiger partial charge in [0.1, 0.15) is 12.1 Å². The number of hydrogen-bond donors (Lipinski definition) is 6. The van der Waals surface area contributed by atoms with Crippen LogP contribution >= 0.6 is 0 Å². The predicted molar refractivity (Wildman–Crippen MR) is 80.7 cm³/mol. The van der Waals surface area contributed by atoms with Crippen LogP contribution in [0.3, 0.4) is 0 Å². The van der Waals surface area contributed by atoms with E-state index in [4.69, 9.17) is 22.3 Å². The molecule has 0 spiro atoms. The molecule has 3 unspecified atom stereocenters. The van der Waals surface area contributed by atoms with Crippen LogP contribution in [0.5, 0.6) is 0 Å². The Labute approximate surface area is 128 Å². The lowest BCUT2D eigenvalue weighted by Crippen LogP contribution is -2.53. The van der Waals surface area contributed by atoms with Crippen molar-refractivity contribution in [2.24, 2.45) is 22.2 Å². The number of carbonyl (C=O) groups is 3. The van der Waals surface area contributed by atoms with Gasteiger partial charge in [-0.15, -0.1) is 0 Å². The van der Waals surface area contributed by atoms with Crippen LogP contribution < -0.4 is 27.8 Å². The van der Waals surface area contributed by atoms with Crippen molar-refractivity contribution in [1.29, 1.82) is 0 Å². The van der Waals surface area contributed by atoms with E-state index in [1.807, 2.05) is 0 Å². The summed E-state index contributed by atoms with van der Waals surface area (Å²) in [4.78, 5) is 38.2. The standard InChI is InChI=1S/C12H24N6O4/c1-6(13)9(19)18-8(4-3-5-16-12(14)15)10(20)17-7(2)11(21)22/h6-8H,3-5,13H2,1-2H3,(H,17,20)(H,18,19)(H,21,22)(H4,14,15,16). The molecule has 9 N–H and O–H groups in total. The summed E-state index contributed by atoms with van der Waals surface area (Å²) in [5.74, 6) is -2.36. The van der Waals surface area contributed by atoms with Gasteiger partial charge in [0.2, 0.25) is 11.8 Å². The molecule has 0 saturated heterocycles. The number of nitrogens with two attached hydrogens (primary N) is 3. The highest BCUT2D eigenvalue weighted by molar-refractivity contribution is 5.91. The number of carboxylic acids is 1. The summed E-state index contributed by atoms with van der Waals surface area (Å²) in [5.41, 5.74) is 15.8. The first kappa shape index (κ1) is 19.6. The fourth-order valence-electron chi connectivity index (χ4n) is 1.45. The Balaban J connectivity index is 4.69. The highest BCUT2D eigenvalue weighted by Crippen LogP contribution is 2.00. The van der Waals surface area contributed by atoms with Crippen molar-refractivity contribution in [3.63, 3.8) is 0 Å². The molecule has 3 atom stereocenters. The molecule has 0 bridgehead atoms. The lowest BCUT2D eigenvalue weighted by Gasteiger charge is -2.20. The van der Waals surface area contributed by atoms with Gasteiger partial charge in [0.15, 0.2) is 5.96 Å². The zero-order valence-corrected chi connectivity index (χ0v) is 12.7. The molecule has 2 amide bonds. The molecular formula is C12H24N6O4. The third kappa shape index (κ3) is 8.04. The van der Waals surface area contributed by atoms with Gasteiger partial charge in [0.25, 0.3) is 0 Å². The fourth-order valence-corrected chi connectivity index (χ4v) is 1.45. The van der Waals surface area contributed by atoms with Gasteiger partial charge in [0, 0.05) is 6.54 Å². The normalized spacial score (nSPS) is 14.3. The number of nitrogens with one attached hydrogen (secondary N) is 2. The Kier molecular flexibility index (Phi) is 8.53. The second-order valence-corrected chi connectivity index (χ2v) is 4.87. The van der Waals surface area contributed by atoms with Crippen LogP contribution in [-0.4, -0.2) is 53.5 Å². The van der Waals surface area contributed by atoms with Gasteiger partial charge in [-0.3, -0.25) is 19.4 Å². The maximum absolute atomic E-state index is 12.0. The monoisotopic (exact) mass is 316 g/mol. The highest BCUT2D eigenvalue weighted by Gasteiger charge is 2.24. The van der Waals surface area contributed by atoms with Gasteiger partial charge in [0.05, 0.1) is 6.04 Å². The lowest BCUT2D eigenvalue weighted by atomic mass is 10.1. The molecule has 0 aliphatic rings. The Morgan fingerprint density at radius 2 is 1.73 bits per heavy atom. The first-order valence-corrected chi connectivity index (χ1v) is 6.79. The topological polar surface area (TPSA) is 186 Å². The van der Waals surface area contributed by atoms with Gasteiger partial charge in [-0.05, 0) is 26.7 Å². The Hall–Kier alpha value is -2.36. The third-order valence-corrected chi connectivity index (χ3v) is 2.72. The molecule has 10 nitrogen and oxygen atoms in total. The number of rotatable bonds is 9. The predicted octanol–water partition coefficient (Wildman–Crippen LogP) is -2.54. The second-order valence-electron chi connectivity index (χ2n) is 4.87. The van der Waals surface area contributed by atoms with Crippen LogP contribution in [0.1, 0.15) is 26.7 Å². The minimum atomic E-state index is -1.17. The first-order valence-electron chi connectivity index (χ1n) is 6.79. The minimum Gasteiger partial charge on any atom is -0.480 e. The average molecular weight is 316 g/mol. The summed E-state index contributed by atoms with van der Waals surface area (Å²) in [5, 5.41) is 13.6. The maximum atomic E-state index is 12.0. The molecule has 126 valence electrons. The smallest absolute Gasteiger partial charge is 0.325 e. The van der Waals surface area contributed by atoms with Crippen LogP contribution in [0, 0.1) is 0 Å². The molecule has 0 heterocycles. The van der Waals surface area contributed by atoms with Crippen molar-refractivity contribution in [3.8, 4) is 0 Å². The summed E-state index contributed by atoms with van der Waals surface area (Å²) >= 11 is 0. The zero-order chi connectivity index (χ0) is 17.3. The maximum Gasteiger partial charge on any atom is 0.325 e. The Bertz CT molecular complexity index is 433. The van der Waals surface area contributed by atoms with Crippen LogP contribution in [0.25, 0.3) is 0 Å². The Morgan fingerprint density at radius 3 is 2.18 bits per heavy atom. The summed E-state index contributed by atoms with van der Waals surface area (Å²) < 4.78 is 0. The number of guanidine groups is 1. The number of carboxylic acid groups (broad SMARTS) is 1. The van der Waals surface area contributed by atoms with Crippen molar-refractivity contribution >= 4 is 23.7 Å². The van der Waals surface area contributed by atoms with E-state index in [1.165, 1.54) is 13.8 Å². The quantitative estimate of drug-likeness (QED) is 0.153. The number of nitrogens with zero attached hydrogens (tertiary/aromatic N) is 1. The largest absolute Gasteiger partial charge is 0.480 e. The van der Waals surface area contributed by atoms with E-state index in [9.17, 15) is 14.4 Å². The molecule has 0 aromatic rings. The van der Waals surface area contributed by atoms with Gasteiger partial charge in [-0.2, -0.15) is 0 Å². The number of hydrogen-bond acceptors (Lipinski definition) is 5. The fraction of sp³-hybridized carbons (Fsp3) is 0.667. The third-order valence-electron chi connectivity index (χ3n) is 2.72. The SMILES string of the molecule is CC(N)C(=O)NC(CCCN=C(N)N)C(=O)NC(C)C(=O)O. The number of carbonyl (C=O) groups excluding carboxylic acids is 2. The molecular weight excluding hydrogens is 292 g/mol. The van der Waals surface area contributed by atoms with Crippen molar-refractivity contribution in [3.05, 3.63) is 0 Å². The lowest BCUT2D eigenvalue weighted by molar-refractivity contribution is -0.141. The number of aliphatic imine (C=N–C) groups is 1. The van der Waals surface area contributed by atoms with Gasteiger partial charge < -0.3 is 32.9 Å². The molecule has 22 heavy (non-hydrogen) atoms. The summed E-state index contributed by atoms with van der Waals surface area (Å²) in [6, 6.07) is -2.76. The molecule has 0 radical (unpaired) electrons. The molecule has 0 aromatic heterocycles. The number of aliphatic carboxylic acids is 1. The molecule has 0 rings (SSSR count). The molecule has 10 heteroatoms. The Morgan fingerprint density at radius 1 is 1.14 bits per heavy atom. The molecule has 0 saturated carbocycles. The van der Waals surface area contributed by atoms with E-state index in [1.54, 1.807) is 0 Å². The molecule has 0 fully saturated rings. The number of amides is 2. The van der Waals surface area contributed by atoms with E-state index < -0.39 is 35.9 Å². The van der Waals surface area contributed by atoms with Crippen LogP contribution in [-0.2, 0) is 14.4 Å². The summed E-state index contributed by atoms with van der Waals surface area (Å²) in [6.45, 7) is 3.09. The van der Waals surface area contributed by atoms with E-state index in [0.29, 0.717) is 6.42 Å². The van der Waals surface area contributed by atoms with E-state index in [2.05, 4.69) is 15.6 Å². The van der Waals surface area contributed by atoms with Crippen LogP contribution in [0.2, 0.25) is 0 Å². The van der Waals surface area contributed by atoms with Crippen LogP contribution in [0.4, 0.5) is 0 Å².